The lowest BCUT2D eigenvalue weighted by Crippen LogP contribution is -2.46. The Labute approximate surface area is 163 Å². The number of methoxy groups -OCH3 is 2. The molecule has 1 atom stereocenters. The number of hydrogen-bond donors (Lipinski definition) is 3. The molecular formula is C21H23N3O4. The zero-order valence-corrected chi connectivity index (χ0v) is 16.3. The fourth-order valence-corrected chi connectivity index (χ4v) is 3.29. The zero-order chi connectivity index (χ0) is 20.3. The van der Waals surface area contributed by atoms with E-state index in [0.717, 1.165) is 5.56 Å². The summed E-state index contributed by atoms with van der Waals surface area (Å²) in [5.74, 6) is 0.667. The Balaban J connectivity index is 2.03. The van der Waals surface area contributed by atoms with Gasteiger partial charge in [-0.1, -0.05) is 24.3 Å². The highest BCUT2D eigenvalue weighted by Gasteiger charge is 2.33. The smallest absolute Gasteiger partial charge is 0.319 e. The van der Waals surface area contributed by atoms with Crippen molar-refractivity contribution in [3.05, 3.63) is 64.9 Å². The first-order chi connectivity index (χ1) is 13.4. The standard InChI is InChI=1S/C21H23N3O4/c1-12-7-5-8-14(11-12)23-20(25)17-13(2)22-21(26)24-18(17)15-9-6-10-16(27-3)19(15)28-4/h5-11,18H,1-4H3,(H,23,25)(H2,22,24,26)/t18-/m0/s1. The lowest BCUT2D eigenvalue weighted by Gasteiger charge is -2.30. The van der Waals surface area contributed by atoms with Crippen molar-refractivity contribution in [2.45, 2.75) is 19.9 Å². The fraction of sp³-hybridized carbons (Fsp3) is 0.238. The van der Waals surface area contributed by atoms with E-state index < -0.39 is 6.04 Å². The summed E-state index contributed by atoms with van der Waals surface area (Å²) in [4.78, 5) is 25.2. The van der Waals surface area contributed by atoms with Gasteiger partial charge in [-0.05, 0) is 37.6 Å². The van der Waals surface area contributed by atoms with Gasteiger partial charge in [-0.3, -0.25) is 4.79 Å². The van der Waals surface area contributed by atoms with Crippen LogP contribution in [0.15, 0.2) is 53.7 Å². The van der Waals surface area contributed by atoms with Crippen LogP contribution in [0.4, 0.5) is 10.5 Å². The predicted molar refractivity (Wildman–Crippen MR) is 106 cm³/mol. The summed E-state index contributed by atoms with van der Waals surface area (Å²) < 4.78 is 10.9. The van der Waals surface area contributed by atoms with Crippen LogP contribution in [0.3, 0.4) is 0 Å². The van der Waals surface area contributed by atoms with Crippen LogP contribution in [0.25, 0.3) is 0 Å². The number of carbonyl (C=O) groups is 2. The first-order valence-corrected chi connectivity index (χ1v) is 8.81. The fourth-order valence-electron chi connectivity index (χ4n) is 3.29. The van der Waals surface area contributed by atoms with Crippen LogP contribution in [0, 0.1) is 6.92 Å². The Bertz CT molecular complexity index is 952. The first-order valence-electron chi connectivity index (χ1n) is 8.81. The molecule has 0 bridgehead atoms. The third-order valence-corrected chi connectivity index (χ3v) is 4.53. The summed E-state index contributed by atoms with van der Waals surface area (Å²) in [5.41, 5.74) is 3.21. The van der Waals surface area contributed by atoms with Crippen molar-refractivity contribution in [2.75, 3.05) is 19.5 Å². The number of ether oxygens (including phenoxy) is 2. The number of rotatable bonds is 5. The van der Waals surface area contributed by atoms with Crippen LogP contribution < -0.4 is 25.4 Å². The number of benzene rings is 2. The predicted octanol–water partition coefficient (Wildman–Crippen LogP) is 3.28. The van der Waals surface area contributed by atoms with Gasteiger partial charge < -0.3 is 25.4 Å². The van der Waals surface area contributed by atoms with Gasteiger partial charge in [-0.2, -0.15) is 0 Å². The highest BCUT2D eigenvalue weighted by Crippen LogP contribution is 2.39. The Hall–Kier alpha value is -3.48. The molecule has 1 heterocycles. The monoisotopic (exact) mass is 381 g/mol. The molecule has 7 heteroatoms. The molecule has 0 aromatic heterocycles. The van der Waals surface area contributed by atoms with Gasteiger partial charge >= 0.3 is 6.03 Å². The normalized spacial score (nSPS) is 16.1. The van der Waals surface area contributed by atoms with E-state index in [-0.39, 0.29) is 11.9 Å². The summed E-state index contributed by atoms with van der Waals surface area (Å²) in [6, 6.07) is 11.8. The Morgan fingerprint density at radius 1 is 1.07 bits per heavy atom. The molecule has 146 valence electrons. The molecular weight excluding hydrogens is 358 g/mol. The largest absolute Gasteiger partial charge is 0.493 e. The minimum atomic E-state index is -0.691. The molecule has 0 spiro atoms. The van der Waals surface area contributed by atoms with Crippen molar-refractivity contribution in [3.63, 3.8) is 0 Å². The molecule has 2 aromatic rings. The third-order valence-electron chi connectivity index (χ3n) is 4.53. The van der Waals surface area contributed by atoms with Crippen molar-refractivity contribution in [1.29, 1.82) is 0 Å². The number of nitrogens with one attached hydrogen (secondary N) is 3. The maximum absolute atomic E-state index is 13.1. The van der Waals surface area contributed by atoms with Crippen molar-refractivity contribution in [2.24, 2.45) is 0 Å². The van der Waals surface area contributed by atoms with Crippen molar-refractivity contribution >= 4 is 17.6 Å². The van der Waals surface area contributed by atoms with Gasteiger partial charge in [-0.25, -0.2) is 4.79 Å². The molecule has 3 N–H and O–H groups in total. The minimum absolute atomic E-state index is 0.314. The molecule has 0 saturated carbocycles. The summed E-state index contributed by atoms with van der Waals surface area (Å²) in [6.45, 7) is 3.65. The maximum atomic E-state index is 13.1. The number of para-hydroxylation sites is 1. The average Bonchev–Trinajstić information content (AvgIpc) is 2.66. The number of allylic oxidation sites excluding steroid dienone is 1. The summed E-state index contributed by atoms with van der Waals surface area (Å²) in [7, 11) is 3.06. The second kappa shape index (κ2) is 8.04. The highest BCUT2D eigenvalue weighted by molar-refractivity contribution is 6.07. The molecule has 28 heavy (non-hydrogen) atoms. The third kappa shape index (κ3) is 3.78. The zero-order valence-electron chi connectivity index (χ0n) is 16.3. The van der Waals surface area contributed by atoms with Crippen LogP contribution in [0.2, 0.25) is 0 Å². The Morgan fingerprint density at radius 2 is 1.82 bits per heavy atom. The maximum Gasteiger partial charge on any atom is 0.319 e. The van der Waals surface area contributed by atoms with Gasteiger partial charge in [0.2, 0.25) is 0 Å². The molecule has 1 aliphatic heterocycles. The topological polar surface area (TPSA) is 88.7 Å². The molecule has 2 aromatic carbocycles. The van der Waals surface area contributed by atoms with Gasteiger partial charge in [0.05, 0.1) is 25.8 Å². The van der Waals surface area contributed by atoms with E-state index in [1.807, 2.05) is 31.2 Å². The van der Waals surface area contributed by atoms with E-state index in [9.17, 15) is 9.59 Å². The van der Waals surface area contributed by atoms with Crippen LogP contribution in [-0.2, 0) is 4.79 Å². The molecule has 3 rings (SSSR count). The van der Waals surface area contributed by atoms with Gasteiger partial charge in [0.25, 0.3) is 5.91 Å². The Kier molecular flexibility index (Phi) is 5.54. The van der Waals surface area contributed by atoms with Crippen molar-refractivity contribution < 1.29 is 19.1 Å². The molecule has 7 nitrogen and oxygen atoms in total. The number of anilines is 1. The summed E-state index contributed by atoms with van der Waals surface area (Å²) in [6.07, 6.45) is 0. The second-order valence-electron chi connectivity index (χ2n) is 6.48. The van der Waals surface area contributed by atoms with Crippen LogP contribution >= 0.6 is 0 Å². The lowest BCUT2D eigenvalue weighted by molar-refractivity contribution is -0.113. The van der Waals surface area contributed by atoms with Gasteiger partial charge in [0.15, 0.2) is 11.5 Å². The molecule has 0 unspecified atom stereocenters. The van der Waals surface area contributed by atoms with Crippen molar-refractivity contribution in [1.82, 2.24) is 10.6 Å². The molecule has 1 aliphatic rings. The summed E-state index contributed by atoms with van der Waals surface area (Å²) in [5, 5.41) is 8.39. The quantitative estimate of drug-likeness (QED) is 0.742. The molecule has 3 amide bonds. The van der Waals surface area contributed by atoms with Crippen LogP contribution in [0.1, 0.15) is 24.1 Å². The average molecular weight is 381 g/mol. The van der Waals surface area contributed by atoms with Crippen LogP contribution in [-0.4, -0.2) is 26.2 Å². The number of aryl methyl sites for hydroxylation is 1. The molecule has 0 fully saturated rings. The highest BCUT2D eigenvalue weighted by atomic mass is 16.5. The van der Waals surface area contributed by atoms with Crippen molar-refractivity contribution in [3.8, 4) is 11.5 Å². The SMILES string of the molecule is COc1cccc([C@@H]2NC(=O)NC(C)=C2C(=O)Nc2cccc(C)c2)c1OC. The van der Waals surface area contributed by atoms with E-state index in [2.05, 4.69) is 16.0 Å². The summed E-state index contributed by atoms with van der Waals surface area (Å²) >= 11 is 0. The Morgan fingerprint density at radius 3 is 2.50 bits per heavy atom. The first kappa shape index (κ1) is 19.3. The van der Waals surface area contributed by atoms with Crippen LogP contribution in [0.5, 0.6) is 11.5 Å². The number of carbonyl (C=O) groups excluding carboxylic acids is 2. The lowest BCUT2D eigenvalue weighted by atomic mass is 9.93. The second-order valence-corrected chi connectivity index (χ2v) is 6.48. The van der Waals surface area contributed by atoms with E-state index in [0.29, 0.717) is 34.0 Å². The van der Waals surface area contributed by atoms with E-state index in [4.69, 9.17) is 9.47 Å². The van der Waals surface area contributed by atoms with Gasteiger partial charge in [0, 0.05) is 16.9 Å². The number of urea groups is 1. The number of amides is 3. The minimum Gasteiger partial charge on any atom is -0.493 e. The number of hydrogen-bond acceptors (Lipinski definition) is 4. The van der Waals surface area contributed by atoms with E-state index in [1.54, 1.807) is 25.1 Å². The van der Waals surface area contributed by atoms with E-state index in [1.165, 1.54) is 14.2 Å². The molecule has 0 saturated heterocycles. The van der Waals surface area contributed by atoms with E-state index >= 15 is 0 Å². The molecule has 0 aliphatic carbocycles. The molecule has 0 radical (unpaired) electrons. The van der Waals surface area contributed by atoms with Gasteiger partial charge in [-0.15, -0.1) is 0 Å². The van der Waals surface area contributed by atoms with Gasteiger partial charge in [0.1, 0.15) is 0 Å².